The molecule has 0 spiro atoms. The van der Waals surface area contributed by atoms with Crippen molar-refractivity contribution in [2.75, 3.05) is 7.05 Å². The Morgan fingerprint density at radius 1 is 1.47 bits per heavy atom. The topological polar surface area (TPSA) is 42.0 Å². The number of rotatable bonds is 1. The van der Waals surface area contributed by atoms with E-state index in [0.717, 1.165) is 23.6 Å². The van der Waals surface area contributed by atoms with E-state index in [1.807, 2.05) is 0 Å². The Morgan fingerprint density at radius 2 is 2.18 bits per heavy atom. The number of carbonyl (C=O) groups is 1. The van der Waals surface area contributed by atoms with Gasteiger partial charge in [0.25, 0.3) is 5.91 Å². The van der Waals surface area contributed by atoms with Gasteiger partial charge in [-0.05, 0) is 6.07 Å². The van der Waals surface area contributed by atoms with Crippen molar-refractivity contribution in [2.45, 2.75) is 6.18 Å². The van der Waals surface area contributed by atoms with Gasteiger partial charge in [0.15, 0.2) is 0 Å². The summed E-state index contributed by atoms with van der Waals surface area (Å²) in [7, 11) is 1.42. The molecule has 90 valence electrons. The summed E-state index contributed by atoms with van der Waals surface area (Å²) in [4.78, 5) is 15.3. The Balaban J connectivity index is 2.69. The van der Waals surface area contributed by atoms with Crippen molar-refractivity contribution in [3.05, 3.63) is 28.8 Å². The maximum absolute atomic E-state index is 12.7. The van der Waals surface area contributed by atoms with Gasteiger partial charge < -0.3 is 5.32 Å². The minimum Gasteiger partial charge on any atom is -0.355 e. The van der Waals surface area contributed by atoms with Crippen LogP contribution in [-0.4, -0.2) is 17.9 Å². The van der Waals surface area contributed by atoms with Crippen LogP contribution < -0.4 is 5.32 Å². The molecule has 0 unspecified atom stereocenters. The fraction of sp³-hybridized carbons (Fsp3) is 0.200. The first-order chi connectivity index (χ1) is 7.95. The number of hydrogen-bond donors (Lipinski definition) is 1. The molecule has 1 N–H and O–H groups in total. The minimum absolute atomic E-state index is 0.0152. The summed E-state index contributed by atoms with van der Waals surface area (Å²) in [6.45, 7) is 0. The molecule has 0 atom stereocenters. The highest BCUT2D eigenvalue weighted by atomic mass is 32.1. The monoisotopic (exact) mass is 260 g/mol. The molecule has 17 heavy (non-hydrogen) atoms. The van der Waals surface area contributed by atoms with Crippen molar-refractivity contribution in [3.63, 3.8) is 0 Å². The van der Waals surface area contributed by atoms with Gasteiger partial charge in [0.05, 0.1) is 21.3 Å². The molecule has 0 aliphatic heterocycles. The molecule has 0 saturated carbocycles. The zero-order valence-corrected chi connectivity index (χ0v) is 9.45. The highest BCUT2D eigenvalue weighted by Crippen LogP contribution is 2.37. The molecule has 0 radical (unpaired) electrons. The van der Waals surface area contributed by atoms with Gasteiger partial charge in [-0.25, -0.2) is 0 Å². The lowest BCUT2D eigenvalue weighted by molar-refractivity contribution is -0.136. The van der Waals surface area contributed by atoms with Crippen LogP contribution in [-0.2, 0) is 6.18 Å². The second kappa shape index (κ2) is 3.99. The third-order valence-corrected chi connectivity index (χ3v) is 3.23. The van der Waals surface area contributed by atoms with Crippen LogP contribution in [0.4, 0.5) is 13.2 Å². The highest BCUT2D eigenvalue weighted by molar-refractivity contribution is 7.17. The average molecular weight is 260 g/mol. The zero-order chi connectivity index (χ0) is 12.6. The van der Waals surface area contributed by atoms with E-state index in [9.17, 15) is 18.0 Å². The van der Waals surface area contributed by atoms with Crippen molar-refractivity contribution in [1.29, 1.82) is 0 Å². The van der Waals surface area contributed by atoms with Crippen molar-refractivity contribution >= 4 is 27.5 Å². The van der Waals surface area contributed by atoms with E-state index in [-0.39, 0.29) is 15.8 Å². The van der Waals surface area contributed by atoms with Crippen LogP contribution in [0.15, 0.2) is 17.6 Å². The summed E-state index contributed by atoms with van der Waals surface area (Å²) < 4.78 is 38.1. The Kier molecular flexibility index (Phi) is 2.78. The first-order valence-corrected chi connectivity index (χ1v) is 5.48. The average Bonchev–Trinajstić information content (AvgIpc) is 2.69. The lowest BCUT2D eigenvalue weighted by Gasteiger charge is -2.06. The maximum Gasteiger partial charge on any atom is 0.417 e. The number of fused-ring (bicyclic) bond motifs is 1. The number of aromatic nitrogens is 1. The second-order valence-corrected chi connectivity index (χ2v) is 4.14. The van der Waals surface area contributed by atoms with E-state index in [0.29, 0.717) is 0 Å². The molecule has 1 amide bonds. The molecule has 0 saturated heterocycles. The molecular weight excluding hydrogens is 253 g/mol. The van der Waals surface area contributed by atoms with Crippen molar-refractivity contribution in [1.82, 2.24) is 10.3 Å². The predicted molar refractivity (Wildman–Crippen MR) is 58.0 cm³/mol. The van der Waals surface area contributed by atoms with Crippen LogP contribution in [0.3, 0.4) is 0 Å². The summed E-state index contributed by atoms with van der Waals surface area (Å²) >= 11 is 0.868. The molecule has 2 heterocycles. The van der Waals surface area contributed by atoms with Crippen molar-refractivity contribution in [2.24, 2.45) is 0 Å². The SMILES string of the molecule is CNC(=O)c1csc2c(C(F)(F)F)ccnc12. The standard InChI is InChI=1S/C10H7F3N2OS/c1-14-9(16)5-4-17-8-6(10(11,12)13)2-3-15-7(5)8/h2-4H,1H3,(H,14,16). The Labute approximate surface area is 98.3 Å². The lowest BCUT2D eigenvalue weighted by atomic mass is 10.2. The number of halogens is 3. The van der Waals surface area contributed by atoms with Crippen molar-refractivity contribution in [3.8, 4) is 0 Å². The van der Waals surface area contributed by atoms with E-state index >= 15 is 0 Å². The largest absolute Gasteiger partial charge is 0.417 e. The number of nitrogens with zero attached hydrogens (tertiary/aromatic N) is 1. The number of alkyl halides is 3. The van der Waals surface area contributed by atoms with Crippen LogP contribution in [0.1, 0.15) is 15.9 Å². The fourth-order valence-corrected chi connectivity index (χ4v) is 2.49. The number of amides is 1. The lowest BCUT2D eigenvalue weighted by Crippen LogP contribution is -2.17. The van der Waals surface area contributed by atoms with Gasteiger partial charge >= 0.3 is 6.18 Å². The molecular formula is C10H7F3N2OS. The quantitative estimate of drug-likeness (QED) is 0.856. The van der Waals surface area contributed by atoms with E-state index < -0.39 is 17.6 Å². The molecule has 0 fully saturated rings. The zero-order valence-electron chi connectivity index (χ0n) is 8.63. The normalized spacial score (nSPS) is 11.8. The summed E-state index contributed by atoms with van der Waals surface area (Å²) in [6, 6.07) is 0.909. The first kappa shape index (κ1) is 11.8. The van der Waals surface area contributed by atoms with Gasteiger partial charge in [0, 0.05) is 18.6 Å². The maximum atomic E-state index is 12.7. The summed E-state index contributed by atoms with van der Waals surface area (Å²) in [5, 5.41) is 3.74. The third-order valence-electron chi connectivity index (χ3n) is 2.23. The van der Waals surface area contributed by atoms with Gasteiger partial charge in [-0.15, -0.1) is 11.3 Å². The molecule has 0 aliphatic carbocycles. The van der Waals surface area contributed by atoms with E-state index in [4.69, 9.17) is 0 Å². The van der Waals surface area contributed by atoms with Gasteiger partial charge in [0.2, 0.25) is 0 Å². The first-order valence-electron chi connectivity index (χ1n) is 4.60. The highest BCUT2D eigenvalue weighted by Gasteiger charge is 2.34. The number of hydrogen-bond acceptors (Lipinski definition) is 3. The van der Waals surface area contributed by atoms with Crippen LogP contribution in [0.5, 0.6) is 0 Å². The Morgan fingerprint density at radius 3 is 2.76 bits per heavy atom. The molecule has 2 rings (SSSR count). The van der Waals surface area contributed by atoms with Crippen LogP contribution in [0, 0.1) is 0 Å². The number of pyridine rings is 1. The second-order valence-electron chi connectivity index (χ2n) is 3.26. The molecule has 0 aliphatic rings. The molecule has 0 aromatic carbocycles. The van der Waals surface area contributed by atoms with Crippen LogP contribution in [0.2, 0.25) is 0 Å². The van der Waals surface area contributed by atoms with Gasteiger partial charge in [-0.1, -0.05) is 0 Å². The number of carbonyl (C=O) groups excluding carboxylic acids is 1. The molecule has 2 aromatic heterocycles. The van der Waals surface area contributed by atoms with E-state index in [1.165, 1.54) is 12.4 Å². The van der Waals surface area contributed by atoms with E-state index in [1.54, 1.807) is 0 Å². The molecule has 7 heteroatoms. The Bertz CT molecular complexity index is 576. The predicted octanol–water partition coefficient (Wildman–Crippen LogP) is 2.67. The number of thiophene rings is 1. The third kappa shape index (κ3) is 1.97. The summed E-state index contributed by atoms with van der Waals surface area (Å²) in [5.41, 5.74) is -0.509. The Hall–Kier alpha value is -1.63. The van der Waals surface area contributed by atoms with Gasteiger partial charge in [0.1, 0.15) is 0 Å². The minimum atomic E-state index is -4.44. The summed E-state index contributed by atoms with van der Waals surface area (Å²) in [5.74, 6) is -0.442. The fourth-order valence-electron chi connectivity index (χ4n) is 1.45. The van der Waals surface area contributed by atoms with Crippen LogP contribution in [0.25, 0.3) is 10.2 Å². The van der Waals surface area contributed by atoms with Crippen molar-refractivity contribution < 1.29 is 18.0 Å². The van der Waals surface area contributed by atoms with Gasteiger partial charge in [-0.2, -0.15) is 13.2 Å². The van der Waals surface area contributed by atoms with E-state index in [2.05, 4.69) is 10.3 Å². The molecule has 2 aromatic rings. The van der Waals surface area contributed by atoms with Gasteiger partial charge in [-0.3, -0.25) is 9.78 Å². The number of nitrogens with one attached hydrogen (secondary N) is 1. The van der Waals surface area contributed by atoms with Crippen LogP contribution >= 0.6 is 11.3 Å². The molecule has 3 nitrogen and oxygen atoms in total. The molecule has 0 bridgehead atoms. The summed E-state index contributed by atoms with van der Waals surface area (Å²) in [6.07, 6.45) is -3.38. The smallest absolute Gasteiger partial charge is 0.355 e.